The van der Waals surface area contributed by atoms with Gasteiger partial charge in [-0.15, -0.1) is 5.11 Å². The fraction of sp³-hybridized carbons (Fsp3) is 0.130. The van der Waals surface area contributed by atoms with Gasteiger partial charge in [-0.3, -0.25) is 0 Å². The lowest BCUT2D eigenvalue weighted by molar-refractivity contribution is -0.199. The highest BCUT2D eigenvalue weighted by molar-refractivity contribution is 6.33. The molecule has 0 fully saturated rings. The Kier molecular flexibility index (Phi) is 8.55. The molecule has 0 amide bonds. The Balaban J connectivity index is 1.57. The van der Waals surface area contributed by atoms with Crippen LogP contribution in [0.3, 0.4) is 0 Å². The summed E-state index contributed by atoms with van der Waals surface area (Å²) in [7, 11) is 0. The van der Waals surface area contributed by atoms with Crippen molar-refractivity contribution in [3.8, 4) is 17.1 Å². The van der Waals surface area contributed by atoms with Gasteiger partial charge in [0, 0.05) is 0 Å². The maximum atomic E-state index is 14.6. The van der Waals surface area contributed by atoms with E-state index >= 15 is 0 Å². The SMILES string of the molecule is Fc1cccc(Cl)c1-c1nc(N=NCc2ccc(OC(F)(F)C(F)Cl)cc2)nc(Nc2ccc(Cl)nc2)n1. The number of ether oxygens (including phenoxy) is 1. The van der Waals surface area contributed by atoms with Crippen molar-refractivity contribution in [1.29, 1.82) is 0 Å². The average Bonchev–Trinajstić information content (AvgIpc) is 2.86. The van der Waals surface area contributed by atoms with Gasteiger partial charge in [-0.05, 0) is 42.0 Å². The van der Waals surface area contributed by atoms with E-state index in [1.807, 2.05) is 0 Å². The zero-order valence-electron chi connectivity index (χ0n) is 18.8. The monoisotopic (exact) mass is 585 g/mol. The number of nitrogens with zero attached hydrogens (tertiary/aromatic N) is 6. The number of azo groups is 1. The first-order valence-corrected chi connectivity index (χ1v) is 11.7. The van der Waals surface area contributed by atoms with E-state index in [0.717, 1.165) is 0 Å². The van der Waals surface area contributed by atoms with Crippen molar-refractivity contribution in [3.05, 3.63) is 82.4 Å². The number of hydrogen-bond acceptors (Lipinski definition) is 8. The Morgan fingerprint density at radius 1 is 1.00 bits per heavy atom. The molecule has 1 unspecified atom stereocenters. The fourth-order valence-electron chi connectivity index (χ4n) is 2.91. The highest BCUT2D eigenvalue weighted by Crippen LogP contribution is 2.31. The first-order valence-electron chi connectivity index (χ1n) is 10.5. The highest BCUT2D eigenvalue weighted by Gasteiger charge is 2.42. The molecule has 1 atom stereocenters. The molecule has 0 saturated heterocycles. The molecule has 0 radical (unpaired) electrons. The molecule has 196 valence electrons. The second-order valence-corrected chi connectivity index (χ2v) is 8.56. The Morgan fingerprint density at radius 2 is 1.76 bits per heavy atom. The first-order chi connectivity index (χ1) is 18.1. The summed E-state index contributed by atoms with van der Waals surface area (Å²) in [5.41, 5.74) is -2.04. The lowest BCUT2D eigenvalue weighted by atomic mass is 10.2. The molecule has 0 spiro atoms. The van der Waals surface area contributed by atoms with Crippen molar-refractivity contribution >= 4 is 52.4 Å². The Labute approximate surface area is 227 Å². The Bertz CT molecular complexity index is 1420. The van der Waals surface area contributed by atoms with E-state index in [0.29, 0.717) is 11.3 Å². The normalized spacial score (nSPS) is 12.5. The van der Waals surface area contributed by atoms with Crippen molar-refractivity contribution in [2.24, 2.45) is 10.2 Å². The number of rotatable bonds is 9. The van der Waals surface area contributed by atoms with Crippen LogP contribution >= 0.6 is 34.8 Å². The largest absolute Gasteiger partial charge is 0.444 e. The fourth-order valence-corrected chi connectivity index (χ4v) is 3.32. The predicted molar refractivity (Wildman–Crippen MR) is 134 cm³/mol. The van der Waals surface area contributed by atoms with Crippen LogP contribution in [0.4, 0.5) is 35.1 Å². The average molecular weight is 587 g/mol. The van der Waals surface area contributed by atoms with Crippen LogP contribution in [0.2, 0.25) is 10.2 Å². The summed E-state index contributed by atoms with van der Waals surface area (Å²) in [5.74, 6) is -1.23. The van der Waals surface area contributed by atoms with Crippen molar-refractivity contribution < 1.29 is 22.3 Å². The molecule has 15 heteroatoms. The lowest BCUT2D eigenvalue weighted by Gasteiger charge is -2.17. The number of alkyl halides is 4. The highest BCUT2D eigenvalue weighted by atomic mass is 35.5. The van der Waals surface area contributed by atoms with E-state index in [4.69, 9.17) is 34.8 Å². The first kappa shape index (κ1) is 27.4. The molecule has 2 heterocycles. The zero-order valence-corrected chi connectivity index (χ0v) is 21.1. The second kappa shape index (κ2) is 11.8. The molecule has 0 saturated carbocycles. The van der Waals surface area contributed by atoms with E-state index in [1.54, 1.807) is 12.1 Å². The smallest absolute Gasteiger partial charge is 0.429 e. The van der Waals surface area contributed by atoms with Crippen LogP contribution in [0.5, 0.6) is 5.75 Å². The van der Waals surface area contributed by atoms with Crippen LogP contribution in [0.15, 0.2) is 71.0 Å². The van der Waals surface area contributed by atoms with E-state index in [-0.39, 0.29) is 45.8 Å². The minimum atomic E-state index is -4.19. The molecular formula is C23H14Cl3F4N7O. The summed E-state index contributed by atoms with van der Waals surface area (Å²) in [6.45, 7) is -0.0107. The number of benzene rings is 2. The van der Waals surface area contributed by atoms with Crippen molar-refractivity contribution in [1.82, 2.24) is 19.9 Å². The summed E-state index contributed by atoms with van der Waals surface area (Å²) >= 11 is 16.8. The second-order valence-electron chi connectivity index (χ2n) is 7.38. The van der Waals surface area contributed by atoms with E-state index in [2.05, 4.69) is 40.2 Å². The van der Waals surface area contributed by atoms with Crippen LogP contribution in [0.1, 0.15) is 5.56 Å². The molecule has 8 nitrogen and oxygen atoms in total. The van der Waals surface area contributed by atoms with Crippen LogP contribution < -0.4 is 10.1 Å². The predicted octanol–water partition coefficient (Wildman–Crippen LogP) is 7.91. The molecule has 0 aliphatic heterocycles. The molecular weight excluding hydrogens is 573 g/mol. The van der Waals surface area contributed by atoms with Gasteiger partial charge >= 0.3 is 6.11 Å². The van der Waals surface area contributed by atoms with Gasteiger partial charge in [0.2, 0.25) is 5.95 Å². The van der Waals surface area contributed by atoms with Crippen LogP contribution in [0.25, 0.3) is 11.4 Å². The molecule has 0 aliphatic carbocycles. The van der Waals surface area contributed by atoms with Gasteiger partial charge in [-0.1, -0.05) is 53.0 Å². The summed E-state index contributed by atoms with van der Waals surface area (Å²) in [5, 5.41) is 11.2. The van der Waals surface area contributed by atoms with E-state index in [9.17, 15) is 17.6 Å². The molecule has 4 rings (SSSR count). The number of aromatic nitrogens is 4. The minimum absolute atomic E-state index is 0.000260. The molecule has 2 aromatic carbocycles. The van der Waals surface area contributed by atoms with E-state index in [1.165, 1.54) is 48.7 Å². The maximum absolute atomic E-state index is 14.6. The topological polar surface area (TPSA) is 97.5 Å². The van der Waals surface area contributed by atoms with Crippen LogP contribution in [0, 0.1) is 5.82 Å². The summed E-state index contributed by atoms with van der Waals surface area (Å²) < 4.78 is 58.1. The number of anilines is 2. The third kappa shape index (κ3) is 7.03. The van der Waals surface area contributed by atoms with Gasteiger partial charge in [-0.2, -0.15) is 28.8 Å². The minimum Gasteiger partial charge on any atom is -0.429 e. The summed E-state index contributed by atoms with van der Waals surface area (Å²) in [6.07, 6.45) is -2.75. The van der Waals surface area contributed by atoms with Crippen molar-refractivity contribution in [2.45, 2.75) is 18.3 Å². The number of nitrogens with one attached hydrogen (secondary N) is 1. The van der Waals surface area contributed by atoms with Crippen LogP contribution in [-0.4, -0.2) is 31.7 Å². The van der Waals surface area contributed by atoms with Crippen molar-refractivity contribution in [2.75, 3.05) is 5.32 Å². The van der Waals surface area contributed by atoms with Crippen molar-refractivity contribution in [3.63, 3.8) is 0 Å². The third-order valence-corrected chi connectivity index (χ3v) is 5.43. The molecule has 38 heavy (non-hydrogen) atoms. The summed E-state index contributed by atoms with van der Waals surface area (Å²) in [4.78, 5) is 16.5. The van der Waals surface area contributed by atoms with Crippen LogP contribution in [-0.2, 0) is 6.54 Å². The molecule has 4 aromatic rings. The maximum Gasteiger partial charge on any atom is 0.444 e. The molecule has 1 N–H and O–H groups in total. The number of pyridine rings is 1. The molecule has 2 aromatic heterocycles. The lowest BCUT2D eigenvalue weighted by Crippen LogP contribution is -2.32. The standard InChI is InChI=1S/C23H14Cl3F4N7O/c24-15-2-1-3-16(27)18(15)19-34-21(33-13-6-9-17(25)31-11-13)36-22(35-19)37-32-10-12-4-7-14(8-5-12)38-23(29,30)20(26)28/h1-9,11,20H,10H2,(H,33,34,35,36). The third-order valence-electron chi connectivity index (χ3n) is 4.64. The van der Waals surface area contributed by atoms with E-state index < -0.39 is 17.6 Å². The molecule has 0 aliphatic rings. The van der Waals surface area contributed by atoms with Gasteiger partial charge in [0.25, 0.3) is 11.6 Å². The Hall–Kier alpha value is -3.61. The number of halogens is 7. The molecule has 0 bridgehead atoms. The Morgan fingerprint density at radius 3 is 2.42 bits per heavy atom. The van der Waals surface area contributed by atoms with Gasteiger partial charge in [0.15, 0.2) is 5.82 Å². The quantitative estimate of drug-likeness (QED) is 0.0926. The van der Waals surface area contributed by atoms with Gasteiger partial charge in [0.05, 0.1) is 29.0 Å². The summed E-state index contributed by atoms with van der Waals surface area (Å²) in [6, 6.07) is 12.5. The zero-order chi connectivity index (χ0) is 27.3. The van der Waals surface area contributed by atoms with Gasteiger partial charge in [0.1, 0.15) is 16.7 Å². The number of hydrogen-bond donors (Lipinski definition) is 1. The van der Waals surface area contributed by atoms with Gasteiger partial charge in [-0.25, -0.2) is 13.8 Å². The van der Waals surface area contributed by atoms with Gasteiger partial charge < -0.3 is 10.1 Å².